The Bertz CT molecular complexity index is 524. The molecule has 0 radical (unpaired) electrons. The second-order valence-corrected chi connectivity index (χ2v) is 4.63. The van der Waals surface area contributed by atoms with Gasteiger partial charge in [0.05, 0.1) is 0 Å². The SMILES string of the molecule is O=C(O)c1cccc(=O)n1CC1CCC(F)(F)C1. The van der Waals surface area contributed by atoms with Crippen LogP contribution in [0.1, 0.15) is 29.8 Å². The molecule has 1 fully saturated rings. The first-order chi connectivity index (χ1) is 8.39. The highest BCUT2D eigenvalue weighted by molar-refractivity contribution is 5.85. The molecule has 6 heteroatoms. The third-order valence-corrected chi connectivity index (χ3v) is 3.22. The van der Waals surface area contributed by atoms with Gasteiger partial charge in [-0.3, -0.25) is 4.79 Å². The van der Waals surface area contributed by atoms with Gasteiger partial charge in [-0.2, -0.15) is 0 Å². The fourth-order valence-electron chi connectivity index (χ4n) is 2.35. The monoisotopic (exact) mass is 257 g/mol. The number of hydrogen-bond donors (Lipinski definition) is 1. The largest absolute Gasteiger partial charge is 0.477 e. The zero-order valence-electron chi connectivity index (χ0n) is 9.60. The summed E-state index contributed by atoms with van der Waals surface area (Å²) in [5, 5.41) is 8.96. The van der Waals surface area contributed by atoms with Gasteiger partial charge in [0.1, 0.15) is 5.69 Å². The fraction of sp³-hybridized carbons (Fsp3) is 0.500. The van der Waals surface area contributed by atoms with Crippen molar-refractivity contribution in [2.75, 3.05) is 0 Å². The molecular formula is C12H13F2NO3. The fourth-order valence-corrected chi connectivity index (χ4v) is 2.35. The molecule has 0 spiro atoms. The molecule has 1 atom stereocenters. The van der Waals surface area contributed by atoms with Crippen LogP contribution < -0.4 is 5.56 Å². The van der Waals surface area contributed by atoms with Crippen molar-refractivity contribution in [1.29, 1.82) is 0 Å². The Kier molecular flexibility index (Phi) is 3.19. The lowest BCUT2D eigenvalue weighted by Crippen LogP contribution is -2.28. The van der Waals surface area contributed by atoms with Gasteiger partial charge < -0.3 is 9.67 Å². The molecule has 1 heterocycles. The van der Waals surface area contributed by atoms with Gasteiger partial charge in [0.2, 0.25) is 5.92 Å². The van der Waals surface area contributed by atoms with Crippen LogP contribution in [0.25, 0.3) is 0 Å². The second kappa shape index (κ2) is 4.51. The number of carboxylic acids is 1. The van der Waals surface area contributed by atoms with E-state index in [-0.39, 0.29) is 31.0 Å². The van der Waals surface area contributed by atoms with E-state index in [2.05, 4.69) is 0 Å². The van der Waals surface area contributed by atoms with Gasteiger partial charge in [-0.25, -0.2) is 13.6 Å². The molecule has 0 amide bonds. The minimum Gasteiger partial charge on any atom is -0.477 e. The summed E-state index contributed by atoms with van der Waals surface area (Å²) in [5.74, 6) is -4.26. The van der Waals surface area contributed by atoms with E-state index in [4.69, 9.17) is 5.11 Å². The summed E-state index contributed by atoms with van der Waals surface area (Å²) in [6.07, 6.45) is -0.164. The summed E-state index contributed by atoms with van der Waals surface area (Å²) < 4.78 is 27.2. The van der Waals surface area contributed by atoms with Crippen LogP contribution in [-0.4, -0.2) is 21.6 Å². The number of aromatic nitrogens is 1. The zero-order chi connectivity index (χ0) is 13.3. The van der Waals surface area contributed by atoms with Crippen LogP contribution in [0.3, 0.4) is 0 Å². The molecule has 1 aromatic heterocycles. The van der Waals surface area contributed by atoms with Crippen molar-refractivity contribution in [3.05, 3.63) is 34.2 Å². The molecule has 1 unspecified atom stereocenters. The minimum atomic E-state index is -2.69. The van der Waals surface area contributed by atoms with E-state index in [1.165, 1.54) is 18.2 Å². The maximum absolute atomic E-state index is 13.1. The quantitative estimate of drug-likeness (QED) is 0.900. The van der Waals surface area contributed by atoms with Gasteiger partial charge in [0.25, 0.3) is 5.56 Å². The average Bonchev–Trinajstić information content (AvgIpc) is 2.61. The number of aromatic carboxylic acids is 1. The van der Waals surface area contributed by atoms with E-state index in [0.717, 1.165) is 4.57 Å². The van der Waals surface area contributed by atoms with E-state index < -0.39 is 17.5 Å². The van der Waals surface area contributed by atoms with Crippen molar-refractivity contribution in [1.82, 2.24) is 4.57 Å². The van der Waals surface area contributed by atoms with Gasteiger partial charge in [0.15, 0.2) is 0 Å². The van der Waals surface area contributed by atoms with Crippen LogP contribution in [-0.2, 0) is 6.54 Å². The molecule has 1 saturated carbocycles. The number of hydrogen-bond acceptors (Lipinski definition) is 2. The Morgan fingerprint density at radius 3 is 2.78 bits per heavy atom. The van der Waals surface area contributed by atoms with Gasteiger partial charge in [-0.15, -0.1) is 0 Å². The zero-order valence-corrected chi connectivity index (χ0v) is 9.60. The summed E-state index contributed by atoms with van der Waals surface area (Å²) >= 11 is 0. The Labute approximate surface area is 102 Å². The molecule has 18 heavy (non-hydrogen) atoms. The molecule has 0 aromatic carbocycles. The maximum Gasteiger partial charge on any atom is 0.352 e. The van der Waals surface area contributed by atoms with Crippen LogP contribution in [0, 0.1) is 5.92 Å². The topological polar surface area (TPSA) is 59.3 Å². The standard InChI is InChI=1S/C12H13F2NO3/c13-12(14)5-4-8(6-12)7-15-9(11(17)18)2-1-3-10(15)16/h1-3,8H,4-7H2,(H,17,18). The first kappa shape index (κ1) is 12.7. The van der Waals surface area contributed by atoms with E-state index >= 15 is 0 Å². The number of halogens is 2. The van der Waals surface area contributed by atoms with Crippen LogP contribution in [0.15, 0.2) is 23.0 Å². The molecule has 1 aliphatic rings. The highest BCUT2D eigenvalue weighted by Gasteiger charge is 2.39. The lowest BCUT2D eigenvalue weighted by Gasteiger charge is -2.14. The highest BCUT2D eigenvalue weighted by atomic mass is 19.3. The first-order valence-electron chi connectivity index (χ1n) is 5.70. The Morgan fingerprint density at radius 1 is 1.50 bits per heavy atom. The third kappa shape index (κ3) is 2.57. The summed E-state index contributed by atoms with van der Waals surface area (Å²) in [5.41, 5.74) is -0.622. The summed E-state index contributed by atoms with van der Waals surface area (Å²) in [6.45, 7) is 0.0386. The van der Waals surface area contributed by atoms with Gasteiger partial charge in [0, 0.05) is 25.5 Å². The molecule has 98 valence electrons. The molecule has 0 bridgehead atoms. The number of carboxylic acid groups (broad SMARTS) is 1. The minimum absolute atomic E-state index is 0.0386. The van der Waals surface area contributed by atoms with Crippen LogP contribution in [0.4, 0.5) is 8.78 Å². The molecule has 1 aliphatic carbocycles. The summed E-state index contributed by atoms with van der Waals surface area (Å²) in [4.78, 5) is 22.6. The van der Waals surface area contributed by atoms with Crippen molar-refractivity contribution in [2.24, 2.45) is 5.92 Å². The lowest BCUT2D eigenvalue weighted by atomic mass is 10.1. The maximum atomic E-state index is 13.1. The van der Waals surface area contributed by atoms with E-state index in [0.29, 0.717) is 6.42 Å². The van der Waals surface area contributed by atoms with Gasteiger partial charge in [-0.1, -0.05) is 6.07 Å². The molecule has 0 saturated heterocycles. The predicted octanol–water partition coefficient (Wildman–Crippen LogP) is 1.98. The Balaban J connectivity index is 2.24. The van der Waals surface area contributed by atoms with Crippen molar-refractivity contribution < 1.29 is 18.7 Å². The van der Waals surface area contributed by atoms with Crippen molar-refractivity contribution >= 4 is 5.97 Å². The number of nitrogens with zero attached hydrogens (tertiary/aromatic N) is 1. The van der Waals surface area contributed by atoms with E-state index in [1.54, 1.807) is 0 Å². The highest BCUT2D eigenvalue weighted by Crippen LogP contribution is 2.39. The van der Waals surface area contributed by atoms with Gasteiger partial charge >= 0.3 is 5.97 Å². The van der Waals surface area contributed by atoms with Crippen molar-refractivity contribution in [3.8, 4) is 0 Å². The Morgan fingerprint density at radius 2 is 2.22 bits per heavy atom. The smallest absolute Gasteiger partial charge is 0.352 e. The number of carbonyl (C=O) groups is 1. The van der Waals surface area contributed by atoms with E-state index in [9.17, 15) is 18.4 Å². The molecule has 2 rings (SSSR count). The Hall–Kier alpha value is -1.72. The summed E-state index contributed by atoms with van der Waals surface area (Å²) in [7, 11) is 0. The number of alkyl halides is 2. The average molecular weight is 257 g/mol. The van der Waals surface area contributed by atoms with E-state index in [1.807, 2.05) is 0 Å². The second-order valence-electron chi connectivity index (χ2n) is 4.63. The predicted molar refractivity (Wildman–Crippen MR) is 59.9 cm³/mol. The first-order valence-corrected chi connectivity index (χ1v) is 5.70. The van der Waals surface area contributed by atoms with Gasteiger partial charge in [-0.05, 0) is 18.4 Å². The number of rotatable bonds is 3. The van der Waals surface area contributed by atoms with Crippen LogP contribution in [0.2, 0.25) is 0 Å². The molecule has 1 aromatic rings. The van der Waals surface area contributed by atoms with Crippen LogP contribution in [0.5, 0.6) is 0 Å². The molecular weight excluding hydrogens is 244 g/mol. The van der Waals surface area contributed by atoms with Crippen molar-refractivity contribution in [3.63, 3.8) is 0 Å². The normalized spacial score (nSPS) is 22.0. The third-order valence-electron chi connectivity index (χ3n) is 3.22. The number of pyridine rings is 1. The molecule has 0 aliphatic heterocycles. The molecule has 4 nitrogen and oxygen atoms in total. The molecule has 1 N–H and O–H groups in total. The van der Waals surface area contributed by atoms with Crippen LogP contribution >= 0.6 is 0 Å². The summed E-state index contributed by atoms with van der Waals surface area (Å²) in [6, 6.07) is 3.89. The lowest BCUT2D eigenvalue weighted by molar-refractivity contribution is 0.00430. The van der Waals surface area contributed by atoms with Crippen molar-refractivity contribution in [2.45, 2.75) is 31.7 Å².